The van der Waals surface area contributed by atoms with Gasteiger partial charge in [-0.2, -0.15) is 13.2 Å². The van der Waals surface area contributed by atoms with E-state index in [4.69, 9.17) is 0 Å². The molecule has 0 heterocycles. The third kappa shape index (κ3) is 2.61. The Labute approximate surface area is 113 Å². The number of Topliss-reactive ketones (excluding diaryl/α,β-unsaturated/α-hetero) is 1. The number of ketones is 1. The van der Waals surface area contributed by atoms with Gasteiger partial charge in [0.25, 0.3) is 0 Å². The first kappa shape index (κ1) is 14.4. The number of alkyl halides is 3. The normalized spacial score (nSPS) is 14.7. The monoisotopic (exact) mass is 286 g/mol. The summed E-state index contributed by atoms with van der Waals surface area (Å²) in [4.78, 5) is 23.0. The van der Waals surface area contributed by atoms with E-state index in [-0.39, 0.29) is 23.5 Å². The molecule has 20 heavy (non-hydrogen) atoms. The summed E-state index contributed by atoms with van der Waals surface area (Å²) < 4.78 is 36.9. The summed E-state index contributed by atoms with van der Waals surface area (Å²) in [6, 6.07) is 2.88. The van der Waals surface area contributed by atoms with E-state index in [0.29, 0.717) is 24.1 Å². The van der Waals surface area contributed by atoms with Crippen molar-refractivity contribution in [2.75, 3.05) is 17.7 Å². The smallest absolute Gasteiger partial charge is 0.388 e. The van der Waals surface area contributed by atoms with Gasteiger partial charge in [-0.1, -0.05) is 0 Å². The van der Waals surface area contributed by atoms with Gasteiger partial charge in [0.2, 0.25) is 0 Å². The van der Waals surface area contributed by atoms with E-state index in [1.165, 1.54) is 6.07 Å². The molecule has 0 bridgehead atoms. The average Bonchev–Trinajstić information content (AvgIpc) is 2.38. The number of halogens is 3. The summed E-state index contributed by atoms with van der Waals surface area (Å²) in [5, 5.41) is 4.68. The fourth-order valence-electron chi connectivity index (χ4n) is 2.31. The highest BCUT2D eigenvalue weighted by Crippen LogP contribution is 2.34. The van der Waals surface area contributed by atoms with Crippen LogP contribution >= 0.6 is 0 Å². The number of carbonyl (C=O) groups is 2. The zero-order valence-electron chi connectivity index (χ0n) is 10.7. The van der Waals surface area contributed by atoms with Crippen LogP contribution in [0.1, 0.15) is 28.8 Å². The van der Waals surface area contributed by atoms with Crippen molar-refractivity contribution in [2.45, 2.75) is 25.4 Å². The van der Waals surface area contributed by atoms with Crippen LogP contribution in [0.5, 0.6) is 0 Å². The maximum Gasteiger partial charge on any atom is 0.471 e. The molecule has 2 N–H and O–H groups in total. The van der Waals surface area contributed by atoms with E-state index in [1.54, 1.807) is 18.4 Å². The van der Waals surface area contributed by atoms with Crippen LogP contribution in [0.15, 0.2) is 12.1 Å². The number of fused-ring (bicyclic) bond motifs is 1. The van der Waals surface area contributed by atoms with E-state index < -0.39 is 12.1 Å². The lowest BCUT2D eigenvalue weighted by Gasteiger charge is -2.22. The maximum absolute atomic E-state index is 12.3. The van der Waals surface area contributed by atoms with Gasteiger partial charge in [-0.15, -0.1) is 0 Å². The van der Waals surface area contributed by atoms with Crippen molar-refractivity contribution >= 4 is 23.1 Å². The first-order chi connectivity index (χ1) is 9.34. The summed E-state index contributed by atoms with van der Waals surface area (Å²) in [7, 11) is 1.67. The van der Waals surface area contributed by atoms with Crippen LogP contribution in [0.2, 0.25) is 0 Å². The number of carbonyl (C=O) groups excluding carboxylic acids is 2. The quantitative estimate of drug-likeness (QED) is 0.879. The number of benzene rings is 1. The van der Waals surface area contributed by atoms with Crippen LogP contribution in [-0.2, 0) is 11.2 Å². The van der Waals surface area contributed by atoms with Gasteiger partial charge >= 0.3 is 12.1 Å². The molecule has 1 aliphatic rings. The highest BCUT2D eigenvalue weighted by molar-refractivity contribution is 6.08. The molecule has 0 aromatic heterocycles. The van der Waals surface area contributed by atoms with Crippen molar-refractivity contribution < 1.29 is 22.8 Å². The molecule has 1 aromatic rings. The van der Waals surface area contributed by atoms with Gasteiger partial charge in [-0.05, 0) is 30.5 Å². The predicted octanol–water partition coefficient (Wildman–Crippen LogP) is 2.75. The predicted molar refractivity (Wildman–Crippen MR) is 67.9 cm³/mol. The average molecular weight is 286 g/mol. The standard InChI is InChI=1S/C13H13F3N2O2/c1-17-8-5-6-9(18-12(20)13(14,15)16)11-7(8)3-2-4-10(11)19/h5-6,17H,2-4H2,1H3,(H,18,20). The van der Waals surface area contributed by atoms with E-state index in [0.717, 1.165) is 0 Å². The van der Waals surface area contributed by atoms with Crippen LogP contribution in [0.25, 0.3) is 0 Å². The topological polar surface area (TPSA) is 58.2 Å². The first-order valence-electron chi connectivity index (χ1n) is 6.09. The molecule has 0 saturated carbocycles. The van der Waals surface area contributed by atoms with Gasteiger partial charge in [0.05, 0.1) is 5.69 Å². The van der Waals surface area contributed by atoms with Gasteiger partial charge in [0, 0.05) is 24.7 Å². The Bertz CT molecular complexity index is 567. The Morgan fingerprint density at radius 3 is 2.45 bits per heavy atom. The highest BCUT2D eigenvalue weighted by Gasteiger charge is 2.39. The second-order valence-corrected chi connectivity index (χ2v) is 4.49. The van der Waals surface area contributed by atoms with Gasteiger partial charge in [-0.3, -0.25) is 9.59 Å². The van der Waals surface area contributed by atoms with Gasteiger partial charge < -0.3 is 10.6 Å². The van der Waals surface area contributed by atoms with E-state index in [9.17, 15) is 22.8 Å². The Morgan fingerprint density at radius 2 is 1.85 bits per heavy atom. The minimum absolute atomic E-state index is 0.0778. The maximum atomic E-state index is 12.3. The lowest BCUT2D eigenvalue weighted by atomic mass is 9.88. The van der Waals surface area contributed by atoms with Crippen molar-refractivity contribution in [3.8, 4) is 0 Å². The fraction of sp³-hybridized carbons (Fsp3) is 0.385. The molecule has 2 rings (SSSR count). The third-order valence-corrected chi connectivity index (χ3v) is 3.20. The number of nitrogens with one attached hydrogen (secondary N) is 2. The second kappa shape index (κ2) is 5.15. The van der Waals surface area contributed by atoms with Crippen molar-refractivity contribution in [3.05, 3.63) is 23.3 Å². The summed E-state index contributed by atoms with van der Waals surface area (Å²) in [6.45, 7) is 0. The lowest BCUT2D eigenvalue weighted by Crippen LogP contribution is -2.31. The molecule has 0 unspecified atom stereocenters. The van der Waals surface area contributed by atoms with Crippen LogP contribution in [0, 0.1) is 0 Å². The third-order valence-electron chi connectivity index (χ3n) is 3.20. The number of anilines is 2. The van der Waals surface area contributed by atoms with Crippen molar-refractivity contribution in [2.24, 2.45) is 0 Å². The first-order valence-corrected chi connectivity index (χ1v) is 6.09. The molecule has 1 aromatic carbocycles. The molecule has 1 aliphatic carbocycles. The van der Waals surface area contributed by atoms with E-state index >= 15 is 0 Å². The molecule has 0 aliphatic heterocycles. The Balaban J connectivity index is 2.45. The largest absolute Gasteiger partial charge is 0.471 e. The number of hydrogen-bond acceptors (Lipinski definition) is 3. The molecule has 0 saturated heterocycles. The highest BCUT2D eigenvalue weighted by atomic mass is 19.4. The number of amides is 1. The molecule has 1 amide bonds. The summed E-state index contributed by atoms with van der Waals surface area (Å²) in [6.07, 6.45) is -3.47. The molecule has 4 nitrogen and oxygen atoms in total. The molecular weight excluding hydrogens is 273 g/mol. The molecule has 0 radical (unpaired) electrons. The van der Waals surface area contributed by atoms with E-state index in [1.807, 2.05) is 0 Å². The molecule has 0 spiro atoms. The van der Waals surface area contributed by atoms with Crippen molar-refractivity contribution in [1.29, 1.82) is 0 Å². The van der Waals surface area contributed by atoms with Crippen LogP contribution in [0.3, 0.4) is 0 Å². The van der Waals surface area contributed by atoms with Gasteiger partial charge in [0.15, 0.2) is 5.78 Å². The fourth-order valence-corrected chi connectivity index (χ4v) is 2.31. The minimum Gasteiger partial charge on any atom is -0.388 e. The molecule has 0 atom stereocenters. The lowest BCUT2D eigenvalue weighted by molar-refractivity contribution is -0.167. The molecule has 7 heteroatoms. The van der Waals surface area contributed by atoms with Crippen molar-refractivity contribution in [1.82, 2.24) is 0 Å². The van der Waals surface area contributed by atoms with Crippen LogP contribution < -0.4 is 10.6 Å². The zero-order chi connectivity index (χ0) is 14.9. The number of hydrogen-bond donors (Lipinski definition) is 2. The summed E-state index contributed by atoms with van der Waals surface area (Å²) >= 11 is 0. The summed E-state index contributed by atoms with van der Waals surface area (Å²) in [5.74, 6) is -2.32. The molecule has 108 valence electrons. The number of rotatable bonds is 2. The van der Waals surface area contributed by atoms with Crippen molar-refractivity contribution in [3.63, 3.8) is 0 Å². The minimum atomic E-state index is -4.98. The Kier molecular flexibility index (Phi) is 3.69. The molecule has 0 fully saturated rings. The zero-order valence-corrected chi connectivity index (χ0v) is 10.7. The van der Waals surface area contributed by atoms with Gasteiger partial charge in [-0.25, -0.2) is 0 Å². The SMILES string of the molecule is CNc1ccc(NC(=O)C(F)(F)F)c2c1CCCC2=O. The Hall–Kier alpha value is -2.05. The molecular formula is C13H13F3N2O2. The Morgan fingerprint density at radius 1 is 1.20 bits per heavy atom. The van der Waals surface area contributed by atoms with Gasteiger partial charge in [0.1, 0.15) is 0 Å². The summed E-state index contributed by atoms with van der Waals surface area (Å²) in [5.41, 5.74) is 1.45. The second-order valence-electron chi connectivity index (χ2n) is 4.49. The van der Waals surface area contributed by atoms with E-state index in [2.05, 4.69) is 5.32 Å². The van der Waals surface area contributed by atoms with Crippen LogP contribution in [-0.4, -0.2) is 24.9 Å². The van der Waals surface area contributed by atoms with Crippen LogP contribution in [0.4, 0.5) is 24.5 Å².